The lowest BCUT2D eigenvalue weighted by molar-refractivity contribution is 0.242. The van der Waals surface area contributed by atoms with Crippen molar-refractivity contribution in [3.63, 3.8) is 0 Å². The molecule has 1 aromatic carbocycles. The van der Waals surface area contributed by atoms with Gasteiger partial charge in [0.1, 0.15) is 6.33 Å². The lowest BCUT2D eigenvalue weighted by Gasteiger charge is -2.28. The van der Waals surface area contributed by atoms with Gasteiger partial charge in [0, 0.05) is 50.2 Å². The van der Waals surface area contributed by atoms with E-state index >= 15 is 0 Å². The van der Waals surface area contributed by atoms with Crippen molar-refractivity contribution >= 4 is 0 Å². The van der Waals surface area contributed by atoms with Crippen molar-refractivity contribution in [2.75, 3.05) is 6.54 Å². The van der Waals surface area contributed by atoms with Crippen LogP contribution in [0.5, 0.6) is 0 Å². The van der Waals surface area contributed by atoms with E-state index in [2.05, 4.69) is 51.0 Å². The van der Waals surface area contributed by atoms with Gasteiger partial charge in [0.2, 0.25) is 0 Å². The number of fused-ring (bicyclic) bond motifs is 1. The second kappa shape index (κ2) is 7.07. The van der Waals surface area contributed by atoms with Crippen molar-refractivity contribution in [2.24, 2.45) is 0 Å². The van der Waals surface area contributed by atoms with Gasteiger partial charge in [0.15, 0.2) is 5.82 Å². The minimum atomic E-state index is 0.712. The van der Waals surface area contributed by atoms with Crippen molar-refractivity contribution < 1.29 is 0 Å². The number of hydrogen-bond donors (Lipinski definition) is 0. The van der Waals surface area contributed by atoms with Gasteiger partial charge in [-0.2, -0.15) is 0 Å². The summed E-state index contributed by atoms with van der Waals surface area (Å²) in [5.41, 5.74) is 6.09. The van der Waals surface area contributed by atoms with Crippen molar-refractivity contribution in [2.45, 2.75) is 32.9 Å². The average Bonchev–Trinajstić information content (AvgIpc) is 2.68. The van der Waals surface area contributed by atoms with Gasteiger partial charge < -0.3 is 0 Å². The monoisotopic (exact) mass is 331 g/mol. The van der Waals surface area contributed by atoms with Gasteiger partial charge in [0.25, 0.3) is 0 Å². The maximum absolute atomic E-state index is 4.74. The molecule has 0 radical (unpaired) electrons. The van der Waals surface area contributed by atoms with E-state index in [-0.39, 0.29) is 0 Å². The number of aryl methyl sites for hydroxylation is 1. The van der Waals surface area contributed by atoms with Crippen LogP contribution in [0.25, 0.3) is 11.4 Å². The molecule has 5 nitrogen and oxygen atoms in total. The quantitative estimate of drug-likeness (QED) is 0.735. The van der Waals surface area contributed by atoms with Gasteiger partial charge >= 0.3 is 0 Å². The molecule has 5 heteroatoms. The zero-order chi connectivity index (χ0) is 17.1. The molecule has 3 aromatic rings. The van der Waals surface area contributed by atoms with Gasteiger partial charge in [0.05, 0.1) is 11.3 Å². The molecule has 0 N–H and O–H groups in total. The largest absolute Gasteiger partial charge is 0.294 e. The molecule has 25 heavy (non-hydrogen) atoms. The molecule has 0 unspecified atom stereocenters. The maximum Gasteiger partial charge on any atom is 0.162 e. The summed E-state index contributed by atoms with van der Waals surface area (Å²) in [6, 6.07) is 8.72. The van der Waals surface area contributed by atoms with Crippen LogP contribution < -0.4 is 0 Å². The number of aromatic nitrogens is 4. The first-order chi connectivity index (χ1) is 12.3. The topological polar surface area (TPSA) is 54.8 Å². The summed E-state index contributed by atoms with van der Waals surface area (Å²) in [7, 11) is 0. The van der Waals surface area contributed by atoms with Crippen molar-refractivity contribution in [3.8, 4) is 11.4 Å². The van der Waals surface area contributed by atoms with Gasteiger partial charge in [-0.05, 0) is 17.5 Å². The first-order valence-corrected chi connectivity index (χ1v) is 8.73. The number of nitrogens with zero attached hydrogens (tertiary/aromatic N) is 5. The Kier molecular flexibility index (Phi) is 4.48. The van der Waals surface area contributed by atoms with Crippen LogP contribution in [-0.4, -0.2) is 31.4 Å². The molecule has 0 saturated carbocycles. The summed E-state index contributed by atoms with van der Waals surface area (Å²) in [4.78, 5) is 19.8. The normalized spacial score (nSPS) is 14.3. The second-order valence-electron chi connectivity index (χ2n) is 6.38. The minimum absolute atomic E-state index is 0.712. The van der Waals surface area contributed by atoms with E-state index in [0.29, 0.717) is 5.82 Å². The highest BCUT2D eigenvalue weighted by molar-refractivity contribution is 5.52. The molecule has 1 aliphatic heterocycles. The molecule has 0 atom stereocenters. The SMILES string of the molecule is CCc1ccccc1CN1CCc2nc(-c3cncnc3)ncc2C1. The fourth-order valence-corrected chi connectivity index (χ4v) is 3.36. The van der Waals surface area contributed by atoms with E-state index in [0.717, 1.165) is 43.7 Å². The lowest BCUT2D eigenvalue weighted by Crippen LogP contribution is -2.31. The standard InChI is InChI=1S/C20H21N5/c1-2-15-5-3-4-6-16(15)12-25-8-7-19-18(13-25)11-23-20(24-19)17-9-21-14-22-10-17/h3-6,9-11,14H,2,7-8,12-13H2,1H3. The van der Waals surface area contributed by atoms with E-state index in [1.165, 1.54) is 23.0 Å². The number of hydrogen-bond acceptors (Lipinski definition) is 5. The Labute approximate surface area is 147 Å². The minimum Gasteiger partial charge on any atom is -0.294 e. The molecular formula is C20H21N5. The first kappa shape index (κ1) is 15.8. The Morgan fingerprint density at radius 2 is 1.84 bits per heavy atom. The molecule has 0 fully saturated rings. The predicted molar refractivity (Wildman–Crippen MR) is 96.7 cm³/mol. The highest BCUT2D eigenvalue weighted by Crippen LogP contribution is 2.22. The van der Waals surface area contributed by atoms with E-state index in [1.54, 1.807) is 12.4 Å². The summed E-state index contributed by atoms with van der Waals surface area (Å²) in [5, 5.41) is 0. The molecular weight excluding hydrogens is 310 g/mol. The van der Waals surface area contributed by atoms with Crippen LogP contribution in [0.2, 0.25) is 0 Å². The molecule has 3 heterocycles. The van der Waals surface area contributed by atoms with Crippen LogP contribution in [0.4, 0.5) is 0 Å². The van der Waals surface area contributed by atoms with Gasteiger partial charge in [-0.3, -0.25) is 4.90 Å². The lowest BCUT2D eigenvalue weighted by atomic mass is 10.0. The smallest absolute Gasteiger partial charge is 0.162 e. The zero-order valence-corrected chi connectivity index (χ0v) is 14.4. The third-order valence-electron chi connectivity index (χ3n) is 4.72. The zero-order valence-electron chi connectivity index (χ0n) is 14.4. The average molecular weight is 331 g/mol. The van der Waals surface area contributed by atoms with Crippen LogP contribution >= 0.6 is 0 Å². The Morgan fingerprint density at radius 1 is 1.04 bits per heavy atom. The Balaban J connectivity index is 1.52. The molecule has 2 aromatic heterocycles. The van der Waals surface area contributed by atoms with Gasteiger partial charge in [-0.25, -0.2) is 19.9 Å². The molecule has 4 rings (SSSR count). The van der Waals surface area contributed by atoms with Gasteiger partial charge in [-0.15, -0.1) is 0 Å². The van der Waals surface area contributed by atoms with E-state index in [1.807, 2.05) is 6.20 Å². The predicted octanol–water partition coefficient (Wildman–Crippen LogP) is 3.05. The molecule has 0 aliphatic carbocycles. The molecule has 0 saturated heterocycles. The third-order valence-corrected chi connectivity index (χ3v) is 4.72. The fourth-order valence-electron chi connectivity index (χ4n) is 3.36. The van der Waals surface area contributed by atoms with E-state index in [4.69, 9.17) is 4.98 Å². The van der Waals surface area contributed by atoms with Crippen molar-refractivity contribution in [3.05, 3.63) is 71.6 Å². The van der Waals surface area contributed by atoms with Crippen LogP contribution in [-0.2, 0) is 25.9 Å². The second-order valence-corrected chi connectivity index (χ2v) is 6.38. The van der Waals surface area contributed by atoms with Crippen LogP contribution in [0.15, 0.2) is 49.2 Å². The molecule has 0 bridgehead atoms. The van der Waals surface area contributed by atoms with Crippen molar-refractivity contribution in [1.82, 2.24) is 24.8 Å². The fraction of sp³-hybridized carbons (Fsp3) is 0.300. The van der Waals surface area contributed by atoms with Crippen molar-refractivity contribution in [1.29, 1.82) is 0 Å². The third kappa shape index (κ3) is 3.42. The Bertz CT molecular complexity index is 863. The van der Waals surface area contributed by atoms with E-state index in [9.17, 15) is 0 Å². The Hall–Kier alpha value is -2.66. The first-order valence-electron chi connectivity index (χ1n) is 8.73. The highest BCUT2D eigenvalue weighted by atomic mass is 15.1. The molecule has 126 valence electrons. The van der Waals surface area contributed by atoms with Crippen LogP contribution in [0.3, 0.4) is 0 Å². The van der Waals surface area contributed by atoms with Crippen LogP contribution in [0.1, 0.15) is 29.3 Å². The maximum atomic E-state index is 4.74. The Morgan fingerprint density at radius 3 is 2.64 bits per heavy atom. The van der Waals surface area contributed by atoms with Gasteiger partial charge in [-0.1, -0.05) is 31.2 Å². The molecule has 1 aliphatic rings. The summed E-state index contributed by atoms with van der Waals surface area (Å²) < 4.78 is 0. The highest BCUT2D eigenvalue weighted by Gasteiger charge is 2.19. The summed E-state index contributed by atoms with van der Waals surface area (Å²) in [6.07, 6.45) is 9.02. The summed E-state index contributed by atoms with van der Waals surface area (Å²) >= 11 is 0. The van der Waals surface area contributed by atoms with E-state index < -0.39 is 0 Å². The van der Waals surface area contributed by atoms with Crippen LogP contribution in [0, 0.1) is 0 Å². The summed E-state index contributed by atoms with van der Waals surface area (Å²) in [6.45, 7) is 5.12. The number of rotatable bonds is 4. The molecule has 0 amide bonds. The molecule has 0 spiro atoms. The summed E-state index contributed by atoms with van der Waals surface area (Å²) in [5.74, 6) is 0.712. The number of benzene rings is 1.